The Kier molecular flexibility index (Phi) is 5.34. The smallest absolute Gasteiger partial charge is 0.301 e. The lowest BCUT2D eigenvalue weighted by Crippen LogP contribution is -2.39. The van der Waals surface area contributed by atoms with Gasteiger partial charge in [0.2, 0.25) is 0 Å². The molecule has 0 heterocycles. The van der Waals surface area contributed by atoms with Crippen LogP contribution in [0.25, 0.3) is 0 Å². The SMILES string of the molecule is CC(C)CNS(=O)(=O)N(C)c1ccc(/C(N)=N/O)cc1. The van der Waals surface area contributed by atoms with Gasteiger partial charge in [-0.2, -0.15) is 13.1 Å². The van der Waals surface area contributed by atoms with E-state index in [9.17, 15) is 8.42 Å². The quantitative estimate of drug-likeness (QED) is 0.311. The van der Waals surface area contributed by atoms with Crippen LogP contribution in [0.1, 0.15) is 19.4 Å². The van der Waals surface area contributed by atoms with E-state index in [1.165, 1.54) is 7.05 Å². The third kappa shape index (κ3) is 4.10. The average Bonchev–Trinajstić information content (AvgIpc) is 2.43. The van der Waals surface area contributed by atoms with Crippen LogP contribution in [-0.4, -0.2) is 33.1 Å². The monoisotopic (exact) mass is 300 g/mol. The molecule has 7 nitrogen and oxygen atoms in total. The van der Waals surface area contributed by atoms with Crippen molar-refractivity contribution in [2.24, 2.45) is 16.8 Å². The van der Waals surface area contributed by atoms with Gasteiger partial charge in [-0.05, 0) is 30.2 Å². The first-order valence-electron chi connectivity index (χ1n) is 6.09. The largest absolute Gasteiger partial charge is 0.409 e. The molecule has 0 atom stereocenters. The Morgan fingerprint density at radius 3 is 2.40 bits per heavy atom. The lowest BCUT2D eigenvalue weighted by atomic mass is 10.2. The maximum atomic E-state index is 12.0. The molecule has 0 bridgehead atoms. The van der Waals surface area contributed by atoms with Crippen LogP contribution in [0.2, 0.25) is 0 Å². The van der Waals surface area contributed by atoms with Crippen molar-refractivity contribution in [1.29, 1.82) is 0 Å². The predicted octanol–water partition coefficient (Wildman–Crippen LogP) is 0.708. The van der Waals surface area contributed by atoms with E-state index in [1.54, 1.807) is 24.3 Å². The predicted molar refractivity (Wildman–Crippen MR) is 79.1 cm³/mol. The van der Waals surface area contributed by atoms with Gasteiger partial charge in [-0.25, -0.2) is 0 Å². The summed E-state index contributed by atoms with van der Waals surface area (Å²) in [5.74, 6) is 0.195. The van der Waals surface area contributed by atoms with Crippen LogP contribution in [0.3, 0.4) is 0 Å². The fourth-order valence-electron chi connectivity index (χ4n) is 1.41. The summed E-state index contributed by atoms with van der Waals surface area (Å²) >= 11 is 0. The second-order valence-electron chi connectivity index (χ2n) is 4.75. The molecule has 0 aliphatic heterocycles. The number of amidine groups is 1. The van der Waals surface area contributed by atoms with Gasteiger partial charge in [0.25, 0.3) is 0 Å². The molecule has 112 valence electrons. The third-order valence-electron chi connectivity index (χ3n) is 2.67. The molecule has 8 heteroatoms. The lowest BCUT2D eigenvalue weighted by molar-refractivity contribution is 0.318. The van der Waals surface area contributed by atoms with Crippen LogP contribution in [0, 0.1) is 5.92 Å². The van der Waals surface area contributed by atoms with Crippen molar-refractivity contribution in [3.63, 3.8) is 0 Å². The first kappa shape index (κ1) is 16.3. The minimum absolute atomic E-state index is 0.0278. The Bertz CT molecular complexity index is 567. The summed E-state index contributed by atoms with van der Waals surface area (Å²) in [6.07, 6.45) is 0. The molecule has 4 N–H and O–H groups in total. The van der Waals surface area contributed by atoms with E-state index in [4.69, 9.17) is 10.9 Å². The fraction of sp³-hybridized carbons (Fsp3) is 0.417. The summed E-state index contributed by atoms with van der Waals surface area (Å²) in [6, 6.07) is 6.33. The molecule has 1 rings (SSSR count). The molecule has 1 aromatic rings. The molecular formula is C12H20N4O3S. The molecule has 0 radical (unpaired) electrons. The summed E-state index contributed by atoms with van der Waals surface area (Å²) in [6.45, 7) is 4.22. The van der Waals surface area contributed by atoms with Gasteiger partial charge in [0.1, 0.15) is 0 Å². The number of oxime groups is 1. The van der Waals surface area contributed by atoms with Crippen LogP contribution >= 0.6 is 0 Å². The molecular weight excluding hydrogens is 280 g/mol. The minimum atomic E-state index is -3.57. The number of hydrogen-bond donors (Lipinski definition) is 3. The molecule has 0 aromatic heterocycles. The number of nitrogens with one attached hydrogen (secondary N) is 1. The van der Waals surface area contributed by atoms with Crippen molar-refractivity contribution in [2.75, 3.05) is 17.9 Å². The number of anilines is 1. The zero-order chi connectivity index (χ0) is 15.3. The van der Waals surface area contributed by atoms with Crippen LogP contribution < -0.4 is 14.8 Å². The van der Waals surface area contributed by atoms with Crippen molar-refractivity contribution < 1.29 is 13.6 Å². The fourth-order valence-corrected chi connectivity index (χ4v) is 2.54. The molecule has 0 aliphatic rings. The Hall–Kier alpha value is -1.80. The summed E-state index contributed by atoms with van der Waals surface area (Å²) in [5.41, 5.74) is 6.44. The van der Waals surface area contributed by atoms with E-state index in [1.807, 2.05) is 13.8 Å². The van der Waals surface area contributed by atoms with Crippen molar-refractivity contribution in [1.82, 2.24) is 4.72 Å². The van der Waals surface area contributed by atoms with Crippen molar-refractivity contribution in [2.45, 2.75) is 13.8 Å². The van der Waals surface area contributed by atoms with E-state index >= 15 is 0 Å². The molecule has 0 spiro atoms. The lowest BCUT2D eigenvalue weighted by Gasteiger charge is -2.20. The Morgan fingerprint density at radius 1 is 1.40 bits per heavy atom. The van der Waals surface area contributed by atoms with E-state index in [2.05, 4.69) is 9.88 Å². The minimum Gasteiger partial charge on any atom is -0.409 e. The molecule has 0 amide bonds. The van der Waals surface area contributed by atoms with Gasteiger partial charge < -0.3 is 10.9 Å². The van der Waals surface area contributed by atoms with E-state index in [-0.39, 0.29) is 11.8 Å². The Labute approximate surface area is 119 Å². The molecule has 0 unspecified atom stereocenters. The highest BCUT2D eigenvalue weighted by atomic mass is 32.2. The van der Waals surface area contributed by atoms with Crippen LogP contribution in [0.4, 0.5) is 5.69 Å². The number of nitrogens with zero attached hydrogens (tertiary/aromatic N) is 2. The summed E-state index contributed by atoms with van der Waals surface area (Å²) in [7, 11) is -2.12. The van der Waals surface area contributed by atoms with Crippen molar-refractivity contribution >= 4 is 21.7 Å². The van der Waals surface area contributed by atoms with Crippen molar-refractivity contribution in [3.8, 4) is 0 Å². The number of rotatable bonds is 6. The molecule has 20 heavy (non-hydrogen) atoms. The van der Waals surface area contributed by atoms with E-state index in [0.717, 1.165) is 4.31 Å². The Morgan fingerprint density at radius 2 is 1.95 bits per heavy atom. The first-order valence-corrected chi connectivity index (χ1v) is 7.53. The van der Waals surface area contributed by atoms with Gasteiger partial charge in [-0.3, -0.25) is 4.31 Å². The maximum absolute atomic E-state index is 12.0. The highest BCUT2D eigenvalue weighted by Gasteiger charge is 2.18. The van der Waals surface area contributed by atoms with E-state index < -0.39 is 10.2 Å². The van der Waals surface area contributed by atoms with Crippen molar-refractivity contribution in [3.05, 3.63) is 29.8 Å². The highest BCUT2D eigenvalue weighted by molar-refractivity contribution is 7.90. The Balaban J connectivity index is 2.89. The first-order chi connectivity index (χ1) is 9.27. The molecule has 0 fully saturated rings. The summed E-state index contributed by atoms with van der Waals surface area (Å²) in [4.78, 5) is 0. The number of nitrogens with two attached hydrogens (primary N) is 1. The zero-order valence-corrected chi connectivity index (χ0v) is 12.6. The second-order valence-corrected chi connectivity index (χ2v) is 6.53. The maximum Gasteiger partial charge on any atom is 0.301 e. The molecule has 1 aromatic carbocycles. The average molecular weight is 300 g/mol. The van der Waals surface area contributed by atoms with Crippen LogP contribution in [-0.2, 0) is 10.2 Å². The standard InChI is InChI=1S/C12H20N4O3S/c1-9(2)8-14-20(18,19)16(3)11-6-4-10(5-7-11)12(13)15-17/h4-7,9,14,17H,8H2,1-3H3,(H2,13,15). The van der Waals surface area contributed by atoms with Gasteiger partial charge >= 0.3 is 10.2 Å². The van der Waals surface area contributed by atoms with Crippen LogP contribution in [0.15, 0.2) is 29.4 Å². The number of hydrogen-bond acceptors (Lipinski definition) is 4. The molecule has 0 saturated heterocycles. The van der Waals surface area contributed by atoms with Gasteiger partial charge in [0.15, 0.2) is 5.84 Å². The van der Waals surface area contributed by atoms with Gasteiger partial charge in [-0.15, -0.1) is 0 Å². The topological polar surface area (TPSA) is 108 Å². The molecule has 0 aliphatic carbocycles. The van der Waals surface area contributed by atoms with Gasteiger partial charge in [0.05, 0.1) is 5.69 Å². The van der Waals surface area contributed by atoms with Crippen LogP contribution in [0.5, 0.6) is 0 Å². The summed E-state index contributed by atoms with van der Waals surface area (Å²) in [5, 5.41) is 11.4. The second kappa shape index (κ2) is 6.58. The van der Waals surface area contributed by atoms with E-state index in [0.29, 0.717) is 17.8 Å². The highest BCUT2D eigenvalue weighted by Crippen LogP contribution is 2.16. The van der Waals surface area contributed by atoms with Gasteiger partial charge in [-0.1, -0.05) is 19.0 Å². The number of benzene rings is 1. The normalized spacial score (nSPS) is 12.7. The van der Waals surface area contributed by atoms with Gasteiger partial charge in [0, 0.05) is 19.2 Å². The third-order valence-corrected chi connectivity index (χ3v) is 4.13. The zero-order valence-electron chi connectivity index (χ0n) is 11.7. The summed E-state index contributed by atoms with van der Waals surface area (Å²) < 4.78 is 27.7. The molecule has 0 saturated carbocycles.